The topological polar surface area (TPSA) is 37.4 Å². The van der Waals surface area contributed by atoms with Gasteiger partial charge in [0.05, 0.1) is 10.4 Å². The fourth-order valence-electron chi connectivity index (χ4n) is 3.28. The third-order valence-corrected chi connectivity index (χ3v) is 5.27. The summed E-state index contributed by atoms with van der Waals surface area (Å²) in [6, 6.07) is 12.5. The Morgan fingerprint density at radius 3 is 2.58 bits per heavy atom. The first-order valence-electron chi connectivity index (χ1n) is 7.70. The number of Topliss-reactive ketones (excluding diaryl/α,β-unsaturated/α-hetero) is 1. The van der Waals surface area contributed by atoms with Gasteiger partial charge in [-0.2, -0.15) is 0 Å². The monoisotopic (exact) mass is 361 g/mol. The quantitative estimate of drug-likeness (QED) is 0.726. The molecule has 2 aromatic carbocycles. The lowest BCUT2D eigenvalue weighted by Crippen LogP contribution is -2.36. The van der Waals surface area contributed by atoms with Gasteiger partial charge in [0.25, 0.3) is 0 Å². The van der Waals surface area contributed by atoms with Crippen LogP contribution in [0.2, 0.25) is 10.0 Å². The highest BCUT2D eigenvalue weighted by molar-refractivity contribution is 6.36. The van der Waals surface area contributed by atoms with Gasteiger partial charge in [0.15, 0.2) is 5.78 Å². The molecule has 0 aromatic heterocycles. The molecule has 1 aliphatic rings. The zero-order valence-electron chi connectivity index (χ0n) is 13.5. The van der Waals surface area contributed by atoms with E-state index in [1.54, 1.807) is 30.1 Å². The first-order valence-corrected chi connectivity index (χ1v) is 8.46. The molecule has 1 heterocycles. The van der Waals surface area contributed by atoms with E-state index in [1.165, 1.54) is 0 Å². The van der Waals surface area contributed by atoms with E-state index in [0.717, 1.165) is 11.3 Å². The average molecular weight is 362 g/mol. The fourth-order valence-corrected chi connectivity index (χ4v) is 3.80. The number of carbonyl (C=O) groups excluding carboxylic acids is 2. The van der Waals surface area contributed by atoms with Crippen molar-refractivity contribution < 1.29 is 9.59 Å². The second-order valence-electron chi connectivity index (χ2n) is 6.26. The van der Waals surface area contributed by atoms with Crippen molar-refractivity contribution in [3.05, 3.63) is 63.6 Å². The van der Waals surface area contributed by atoms with E-state index in [0.29, 0.717) is 22.0 Å². The number of hydrogen-bond acceptors (Lipinski definition) is 2. The zero-order chi connectivity index (χ0) is 17.5. The second-order valence-corrected chi connectivity index (χ2v) is 7.10. The molecule has 24 heavy (non-hydrogen) atoms. The number of para-hydroxylation sites is 1. The number of fused-ring (bicyclic) bond motifs is 1. The normalized spacial score (nSPS) is 19.5. The highest BCUT2D eigenvalue weighted by atomic mass is 35.5. The van der Waals surface area contributed by atoms with Crippen molar-refractivity contribution in [3.8, 4) is 0 Å². The van der Waals surface area contributed by atoms with Crippen LogP contribution in [0.15, 0.2) is 42.5 Å². The van der Waals surface area contributed by atoms with E-state index in [2.05, 4.69) is 0 Å². The summed E-state index contributed by atoms with van der Waals surface area (Å²) in [6.45, 7) is 1.90. The van der Waals surface area contributed by atoms with Gasteiger partial charge in [-0.3, -0.25) is 9.59 Å². The first kappa shape index (κ1) is 17.0. The molecule has 0 saturated carbocycles. The van der Waals surface area contributed by atoms with Crippen molar-refractivity contribution in [2.75, 3.05) is 11.9 Å². The van der Waals surface area contributed by atoms with E-state index in [9.17, 15) is 9.59 Å². The van der Waals surface area contributed by atoms with E-state index in [-0.39, 0.29) is 18.1 Å². The Bertz CT molecular complexity index is 834. The molecule has 0 saturated heterocycles. The van der Waals surface area contributed by atoms with Crippen LogP contribution in [0, 0.1) is 0 Å². The lowest BCUT2D eigenvalue weighted by atomic mass is 9.79. The van der Waals surface area contributed by atoms with Crippen LogP contribution in [0.5, 0.6) is 0 Å². The number of benzene rings is 2. The van der Waals surface area contributed by atoms with E-state index in [4.69, 9.17) is 23.2 Å². The summed E-state index contributed by atoms with van der Waals surface area (Å²) in [7, 11) is 1.77. The van der Waals surface area contributed by atoms with Crippen LogP contribution in [0.3, 0.4) is 0 Å². The predicted molar refractivity (Wildman–Crippen MR) is 97.2 cm³/mol. The third kappa shape index (κ3) is 2.72. The number of ketones is 1. The number of carbonyl (C=O) groups is 2. The largest absolute Gasteiger partial charge is 0.314 e. The number of halogens is 2. The minimum atomic E-state index is -0.695. The molecule has 0 radical (unpaired) electrons. The molecule has 0 fully saturated rings. The van der Waals surface area contributed by atoms with Crippen LogP contribution >= 0.6 is 23.2 Å². The summed E-state index contributed by atoms with van der Waals surface area (Å²) in [5.41, 5.74) is 1.62. The van der Waals surface area contributed by atoms with Gasteiger partial charge in [0.2, 0.25) is 5.91 Å². The van der Waals surface area contributed by atoms with Crippen LogP contribution in [0.1, 0.15) is 35.7 Å². The van der Waals surface area contributed by atoms with Crippen molar-refractivity contribution >= 4 is 40.6 Å². The molecule has 0 spiro atoms. The summed E-state index contributed by atoms with van der Waals surface area (Å²) < 4.78 is 0. The molecule has 5 heteroatoms. The van der Waals surface area contributed by atoms with Crippen LogP contribution in [-0.4, -0.2) is 18.7 Å². The van der Waals surface area contributed by atoms with Crippen molar-refractivity contribution in [2.24, 2.45) is 0 Å². The summed E-state index contributed by atoms with van der Waals surface area (Å²) in [4.78, 5) is 26.9. The van der Waals surface area contributed by atoms with Crippen LogP contribution in [-0.2, 0) is 10.2 Å². The highest BCUT2D eigenvalue weighted by Crippen LogP contribution is 2.43. The van der Waals surface area contributed by atoms with Crippen LogP contribution in [0.4, 0.5) is 5.69 Å². The Morgan fingerprint density at radius 2 is 1.88 bits per heavy atom. The van der Waals surface area contributed by atoms with Crippen LogP contribution < -0.4 is 4.90 Å². The summed E-state index contributed by atoms with van der Waals surface area (Å²) >= 11 is 12.0. The Hall–Kier alpha value is -1.84. The molecule has 124 valence electrons. The standard InChI is InChI=1S/C19H17Cl2NO2/c1-19(14-5-3-4-6-16(14)22(2)18(19)24)10-9-17(23)13-8-7-12(20)11-15(13)21/h3-8,11H,9-10H2,1-2H3. The van der Waals surface area contributed by atoms with Gasteiger partial charge in [-0.25, -0.2) is 0 Å². The molecule has 1 amide bonds. The maximum Gasteiger partial charge on any atom is 0.237 e. The number of rotatable bonds is 4. The lowest BCUT2D eigenvalue weighted by Gasteiger charge is -2.23. The Balaban J connectivity index is 1.83. The maximum absolute atomic E-state index is 12.7. The third-order valence-electron chi connectivity index (χ3n) is 4.72. The highest BCUT2D eigenvalue weighted by Gasteiger charge is 2.45. The minimum absolute atomic E-state index is 0.0127. The summed E-state index contributed by atoms with van der Waals surface area (Å²) in [5, 5.41) is 0.831. The number of anilines is 1. The zero-order valence-corrected chi connectivity index (χ0v) is 15.0. The maximum atomic E-state index is 12.7. The number of likely N-dealkylation sites (N-methyl/N-ethyl adjacent to an activating group) is 1. The molecule has 3 rings (SSSR count). The smallest absolute Gasteiger partial charge is 0.237 e. The predicted octanol–water partition coefficient (Wildman–Crippen LogP) is 4.89. The van der Waals surface area contributed by atoms with Gasteiger partial charge in [0, 0.05) is 29.7 Å². The number of amides is 1. The summed E-state index contributed by atoms with van der Waals surface area (Å²) in [5.74, 6) is -0.0728. The molecule has 0 aliphatic carbocycles. The van der Waals surface area contributed by atoms with Gasteiger partial charge < -0.3 is 4.90 Å². The Kier molecular flexibility index (Phi) is 4.41. The van der Waals surface area contributed by atoms with Crippen molar-refractivity contribution in [2.45, 2.75) is 25.2 Å². The van der Waals surface area contributed by atoms with Gasteiger partial charge in [-0.05, 0) is 43.2 Å². The SMILES string of the molecule is CN1C(=O)C(C)(CCC(=O)c2ccc(Cl)cc2Cl)c2ccccc21. The minimum Gasteiger partial charge on any atom is -0.314 e. The fraction of sp³-hybridized carbons (Fsp3) is 0.263. The Morgan fingerprint density at radius 1 is 1.17 bits per heavy atom. The molecular weight excluding hydrogens is 345 g/mol. The lowest BCUT2D eigenvalue weighted by molar-refractivity contribution is -0.122. The molecule has 1 unspecified atom stereocenters. The van der Waals surface area contributed by atoms with E-state index >= 15 is 0 Å². The van der Waals surface area contributed by atoms with E-state index < -0.39 is 5.41 Å². The first-order chi connectivity index (χ1) is 11.3. The molecule has 1 aliphatic heterocycles. The molecule has 0 bridgehead atoms. The van der Waals surface area contributed by atoms with E-state index in [1.807, 2.05) is 31.2 Å². The second kappa shape index (κ2) is 6.23. The van der Waals surface area contributed by atoms with Gasteiger partial charge in [-0.1, -0.05) is 41.4 Å². The molecule has 3 nitrogen and oxygen atoms in total. The van der Waals surface area contributed by atoms with Crippen LogP contribution in [0.25, 0.3) is 0 Å². The van der Waals surface area contributed by atoms with Crippen molar-refractivity contribution in [1.82, 2.24) is 0 Å². The molecule has 2 aromatic rings. The molecule has 0 N–H and O–H groups in total. The van der Waals surface area contributed by atoms with Crippen molar-refractivity contribution in [1.29, 1.82) is 0 Å². The summed E-state index contributed by atoms with van der Waals surface area (Å²) in [6.07, 6.45) is 0.677. The number of hydrogen-bond donors (Lipinski definition) is 0. The average Bonchev–Trinajstić information content (AvgIpc) is 2.75. The van der Waals surface area contributed by atoms with Crippen molar-refractivity contribution in [3.63, 3.8) is 0 Å². The number of nitrogens with zero attached hydrogens (tertiary/aromatic N) is 1. The van der Waals surface area contributed by atoms with Gasteiger partial charge >= 0.3 is 0 Å². The molecule has 1 atom stereocenters. The van der Waals surface area contributed by atoms with Gasteiger partial charge in [-0.15, -0.1) is 0 Å². The Labute approximate surface area is 151 Å². The molecular formula is C19H17Cl2NO2. The van der Waals surface area contributed by atoms with Gasteiger partial charge in [0.1, 0.15) is 0 Å².